The number of aliphatic hydroxyl groups excluding tert-OH is 1. The molecular formula is C6H15LiNbO3. The van der Waals surface area contributed by atoms with Crippen molar-refractivity contribution in [2.24, 2.45) is 0 Å². The fraction of sp³-hybridized carbons (Fsp3) is 1.00. The standard InChI is InChI=1S/C6H14O.Li.Nb.2O.H/c1-2-3-4-5-6-7;;;;;/h7H,2-6H2,1H3;;;;;/q;+1;;;;-1. The summed E-state index contributed by atoms with van der Waals surface area (Å²) in [6.45, 7) is 2.53. The minimum absolute atomic E-state index is 0. The average molecular weight is 235 g/mol. The molecule has 63 valence electrons. The number of aliphatic hydroxyl groups is 1. The molecule has 0 saturated heterocycles. The van der Waals surface area contributed by atoms with Crippen LogP contribution in [0.5, 0.6) is 0 Å². The molecular weight excluding hydrogens is 220 g/mol. The van der Waals surface area contributed by atoms with Crippen LogP contribution in [-0.4, -0.2) is 11.7 Å². The van der Waals surface area contributed by atoms with Crippen molar-refractivity contribution in [2.75, 3.05) is 6.61 Å². The van der Waals surface area contributed by atoms with Crippen molar-refractivity contribution >= 4 is 0 Å². The summed E-state index contributed by atoms with van der Waals surface area (Å²) in [6, 6.07) is 0. The molecule has 0 aromatic rings. The monoisotopic (exact) mass is 235 g/mol. The van der Waals surface area contributed by atoms with Gasteiger partial charge in [0.15, 0.2) is 0 Å². The van der Waals surface area contributed by atoms with Crippen LogP contribution < -0.4 is 18.9 Å². The van der Waals surface area contributed by atoms with Gasteiger partial charge >= 0.3 is 45.1 Å². The van der Waals surface area contributed by atoms with Crippen LogP contribution in [0, 0.1) is 0 Å². The molecule has 0 radical (unpaired) electrons. The van der Waals surface area contributed by atoms with Crippen LogP contribution >= 0.6 is 0 Å². The van der Waals surface area contributed by atoms with Crippen molar-refractivity contribution in [3.05, 3.63) is 0 Å². The maximum absolute atomic E-state index is 8.52. The molecule has 0 saturated carbocycles. The van der Waals surface area contributed by atoms with Gasteiger partial charge in [-0.05, 0) is 6.42 Å². The number of hydrogen-bond acceptors (Lipinski definition) is 3. The third-order valence-corrected chi connectivity index (χ3v) is 1.01. The first kappa shape index (κ1) is 17.8. The van der Waals surface area contributed by atoms with Crippen molar-refractivity contribution in [2.45, 2.75) is 32.6 Å². The second-order valence-electron chi connectivity index (χ2n) is 1.86. The van der Waals surface area contributed by atoms with Gasteiger partial charge in [0, 0.05) is 6.61 Å². The third kappa shape index (κ3) is 36.0. The van der Waals surface area contributed by atoms with Gasteiger partial charge in [-0.15, -0.1) is 0 Å². The van der Waals surface area contributed by atoms with Gasteiger partial charge in [0.05, 0.1) is 0 Å². The van der Waals surface area contributed by atoms with Crippen LogP contribution in [0.3, 0.4) is 0 Å². The molecule has 0 heterocycles. The normalized spacial score (nSPS) is 6.73. The topological polar surface area (TPSA) is 54.4 Å². The molecule has 0 fully saturated rings. The van der Waals surface area contributed by atoms with Gasteiger partial charge in [-0.3, -0.25) is 0 Å². The molecule has 0 spiro atoms. The third-order valence-electron chi connectivity index (χ3n) is 1.01. The first-order valence-electron chi connectivity index (χ1n) is 3.39. The zero-order valence-corrected chi connectivity index (χ0v) is 9.44. The predicted octanol–water partition coefficient (Wildman–Crippen LogP) is -1.56. The van der Waals surface area contributed by atoms with Crippen LogP contribution in [0.2, 0.25) is 0 Å². The fourth-order valence-electron chi connectivity index (χ4n) is 0.539. The summed E-state index contributed by atoms with van der Waals surface area (Å²) in [5.74, 6) is 0. The quantitative estimate of drug-likeness (QED) is 0.473. The molecule has 0 aliphatic rings. The van der Waals surface area contributed by atoms with Gasteiger partial charge in [-0.25, -0.2) is 0 Å². The Hall–Kier alpha value is 0.898. The molecule has 0 aliphatic carbocycles. The van der Waals surface area contributed by atoms with E-state index in [9.17, 15) is 0 Å². The summed E-state index contributed by atoms with van der Waals surface area (Å²) < 4.78 is 17.0. The SMILES string of the molecule is CCCCCCO.[H-].[Li+].[O]=[Nb]=[O]. The van der Waals surface area contributed by atoms with Crippen LogP contribution in [0.15, 0.2) is 0 Å². The molecule has 0 aliphatic heterocycles. The Morgan fingerprint density at radius 2 is 1.73 bits per heavy atom. The number of hydrogen-bond donors (Lipinski definition) is 1. The van der Waals surface area contributed by atoms with E-state index in [4.69, 9.17) is 11.6 Å². The van der Waals surface area contributed by atoms with Crippen molar-refractivity contribution < 1.29 is 51.6 Å². The van der Waals surface area contributed by atoms with E-state index in [0.717, 1.165) is 6.42 Å². The van der Waals surface area contributed by atoms with Crippen LogP contribution in [0.25, 0.3) is 0 Å². The summed E-state index contributed by atoms with van der Waals surface area (Å²) >= 11 is -2.15. The van der Waals surface area contributed by atoms with Gasteiger partial charge < -0.3 is 6.53 Å². The summed E-state index contributed by atoms with van der Waals surface area (Å²) in [4.78, 5) is 0. The van der Waals surface area contributed by atoms with E-state index in [0.29, 0.717) is 6.61 Å². The van der Waals surface area contributed by atoms with E-state index in [2.05, 4.69) is 6.92 Å². The average Bonchev–Trinajstić information content (AvgIpc) is 1.91. The van der Waals surface area contributed by atoms with Crippen molar-refractivity contribution in [1.29, 1.82) is 0 Å². The predicted molar refractivity (Wildman–Crippen MR) is 33.7 cm³/mol. The Bertz CT molecular complexity index is 84.9. The molecule has 3 nitrogen and oxygen atoms in total. The molecule has 0 aromatic carbocycles. The first-order chi connectivity index (χ1) is 4.83. The molecule has 11 heavy (non-hydrogen) atoms. The molecule has 0 rings (SSSR count). The Kier molecular flexibility index (Phi) is 36.4. The summed E-state index contributed by atoms with van der Waals surface area (Å²) in [6.07, 6.45) is 4.68. The van der Waals surface area contributed by atoms with E-state index in [-0.39, 0.29) is 20.3 Å². The van der Waals surface area contributed by atoms with Gasteiger partial charge in [0.2, 0.25) is 0 Å². The van der Waals surface area contributed by atoms with Gasteiger partial charge in [0.1, 0.15) is 0 Å². The molecule has 0 amide bonds. The Balaban J connectivity index is -0.0000000569. The van der Waals surface area contributed by atoms with E-state index in [1.807, 2.05) is 0 Å². The maximum atomic E-state index is 8.52. The van der Waals surface area contributed by atoms with Crippen LogP contribution in [-0.2, 0) is 26.2 Å². The van der Waals surface area contributed by atoms with E-state index in [1.165, 1.54) is 19.3 Å². The van der Waals surface area contributed by atoms with Gasteiger partial charge in [0.25, 0.3) is 0 Å². The first-order valence-corrected chi connectivity index (χ1v) is 5.18. The van der Waals surface area contributed by atoms with Crippen molar-refractivity contribution in [3.63, 3.8) is 0 Å². The zero-order chi connectivity index (χ0) is 8.24. The van der Waals surface area contributed by atoms with Crippen LogP contribution in [0.4, 0.5) is 0 Å². The summed E-state index contributed by atoms with van der Waals surface area (Å²) in [5.41, 5.74) is 0. The minimum atomic E-state index is -2.15. The van der Waals surface area contributed by atoms with Gasteiger partial charge in [-0.1, -0.05) is 26.2 Å². The number of unbranched alkanes of at least 4 members (excludes halogenated alkanes) is 3. The van der Waals surface area contributed by atoms with Crippen molar-refractivity contribution in [3.8, 4) is 0 Å². The fourth-order valence-corrected chi connectivity index (χ4v) is 0.539. The second-order valence-corrected chi connectivity index (χ2v) is 2.23. The van der Waals surface area contributed by atoms with E-state index < -0.39 is 19.7 Å². The molecule has 0 aromatic heterocycles. The Morgan fingerprint density at radius 3 is 2.00 bits per heavy atom. The molecule has 5 heteroatoms. The zero-order valence-electron chi connectivity index (χ0n) is 8.25. The van der Waals surface area contributed by atoms with Crippen molar-refractivity contribution in [1.82, 2.24) is 0 Å². The number of rotatable bonds is 4. The summed E-state index contributed by atoms with van der Waals surface area (Å²) in [7, 11) is 0. The Labute approximate surface area is 90.6 Å². The molecule has 0 unspecified atom stereocenters. The van der Waals surface area contributed by atoms with Crippen LogP contribution in [0.1, 0.15) is 34.0 Å². The second kappa shape index (κ2) is 22.4. The Morgan fingerprint density at radius 1 is 1.27 bits per heavy atom. The van der Waals surface area contributed by atoms with E-state index >= 15 is 0 Å². The van der Waals surface area contributed by atoms with Gasteiger partial charge in [-0.2, -0.15) is 0 Å². The molecule has 0 atom stereocenters. The molecule has 0 bridgehead atoms. The van der Waals surface area contributed by atoms with E-state index in [1.54, 1.807) is 0 Å². The molecule has 1 N–H and O–H groups in total. The summed E-state index contributed by atoms with van der Waals surface area (Å²) in [5, 5.41) is 8.29.